The summed E-state index contributed by atoms with van der Waals surface area (Å²) in [5.41, 5.74) is 0. The number of carboxylic acids is 1. The first kappa shape index (κ1) is 14.5. The van der Waals surface area contributed by atoms with Crippen LogP contribution in [0.3, 0.4) is 0 Å². The summed E-state index contributed by atoms with van der Waals surface area (Å²) in [6.45, 7) is 1.41. The summed E-state index contributed by atoms with van der Waals surface area (Å²) >= 11 is 0. The maximum absolute atomic E-state index is 11.7. The molecule has 0 spiro atoms. The largest absolute Gasteiger partial charge is 0.481 e. The molecule has 2 amide bonds. The van der Waals surface area contributed by atoms with Crippen molar-refractivity contribution in [3.05, 3.63) is 0 Å². The van der Waals surface area contributed by atoms with Crippen LogP contribution in [0.15, 0.2) is 0 Å². The summed E-state index contributed by atoms with van der Waals surface area (Å²) in [5, 5.41) is 11.7. The number of nitrogens with one attached hydrogen (secondary N) is 1. The van der Waals surface area contributed by atoms with Crippen LogP contribution in [-0.4, -0.2) is 47.4 Å². The van der Waals surface area contributed by atoms with E-state index in [9.17, 15) is 14.4 Å². The molecule has 0 aromatic carbocycles. The molecule has 6 nitrogen and oxygen atoms in total. The molecule has 0 saturated heterocycles. The summed E-state index contributed by atoms with van der Waals surface area (Å²) in [4.78, 5) is 34.8. The lowest BCUT2D eigenvalue weighted by molar-refractivity contribution is -0.143. The summed E-state index contributed by atoms with van der Waals surface area (Å²) in [5.74, 6) is -1.56. The molecule has 0 heterocycles. The molecule has 0 bridgehead atoms. The van der Waals surface area contributed by atoms with E-state index in [1.165, 1.54) is 11.8 Å². The van der Waals surface area contributed by atoms with Crippen molar-refractivity contribution < 1.29 is 19.5 Å². The van der Waals surface area contributed by atoms with Gasteiger partial charge in [-0.25, -0.2) is 0 Å². The van der Waals surface area contributed by atoms with Crippen LogP contribution < -0.4 is 5.32 Å². The fourth-order valence-electron chi connectivity index (χ4n) is 2.15. The molecular weight excluding hydrogens is 236 g/mol. The molecule has 1 aliphatic carbocycles. The molecule has 1 aliphatic rings. The van der Waals surface area contributed by atoms with Gasteiger partial charge in [-0.1, -0.05) is 6.42 Å². The van der Waals surface area contributed by atoms with Gasteiger partial charge in [0.1, 0.15) is 0 Å². The lowest BCUT2D eigenvalue weighted by Gasteiger charge is -2.28. The van der Waals surface area contributed by atoms with Crippen molar-refractivity contribution in [3.63, 3.8) is 0 Å². The average Bonchev–Trinajstić information content (AvgIpc) is 2.28. The molecule has 18 heavy (non-hydrogen) atoms. The molecule has 1 rings (SSSR count). The van der Waals surface area contributed by atoms with E-state index in [1.54, 1.807) is 7.05 Å². The number of aliphatic carboxylic acids is 1. The van der Waals surface area contributed by atoms with E-state index >= 15 is 0 Å². The summed E-state index contributed by atoms with van der Waals surface area (Å²) < 4.78 is 0. The van der Waals surface area contributed by atoms with Gasteiger partial charge in [-0.05, 0) is 19.3 Å². The number of carbonyl (C=O) groups excluding carboxylic acids is 2. The van der Waals surface area contributed by atoms with E-state index < -0.39 is 5.97 Å². The number of hydrogen-bond donors (Lipinski definition) is 2. The van der Waals surface area contributed by atoms with Crippen LogP contribution in [0, 0.1) is 5.92 Å². The molecule has 102 valence electrons. The monoisotopic (exact) mass is 256 g/mol. The highest BCUT2D eigenvalue weighted by molar-refractivity contribution is 5.83. The highest BCUT2D eigenvalue weighted by Gasteiger charge is 2.27. The quantitative estimate of drug-likeness (QED) is 0.753. The first-order valence-electron chi connectivity index (χ1n) is 6.14. The maximum Gasteiger partial charge on any atom is 0.306 e. The zero-order valence-electron chi connectivity index (χ0n) is 10.8. The number of carbonyl (C=O) groups is 3. The van der Waals surface area contributed by atoms with Gasteiger partial charge in [0.25, 0.3) is 0 Å². The summed E-state index contributed by atoms with van der Waals surface area (Å²) in [7, 11) is 1.56. The number of carboxylic acid groups (broad SMARTS) is 1. The van der Waals surface area contributed by atoms with Gasteiger partial charge < -0.3 is 15.3 Å². The Balaban J connectivity index is 2.40. The van der Waals surface area contributed by atoms with E-state index in [0.29, 0.717) is 12.8 Å². The minimum Gasteiger partial charge on any atom is -0.481 e. The van der Waals surface area contributed by atoms with Crippen molar-refractivity contribution in [1.82, 2.24) is 10.2 Å². The minimum absolute atomic E-state index is 0.0174. The van der Waals surface area contributed by atoms with Crippen LogP contribution >= 0.6 is 0 Å². The van der Waals surface area contributed by atoms with E-state index in [0.717, 1.165) is 12.8 Å². The van der Waals surface area contributed by atoms with Gasteiger partial charge in [0.15, 0.2) is 0 Å². The third-order valence-corrected chi connectivity index (χ3v) is 3.31. The number of rotatable bonds is 4. The lowest BCUT2D eigenvalue weighted by atomic mass is 9.86. The molecular formula is C12H20N2O4. The van der Waals surface area contributed by atoms with Crippen LogP contribution in [0.25, 0.3) is 0 Å². The fraction of sp³-hybridized carbons (Fsp3) is 0.750. The van der Waals surface area contributed by atoms with Gasteiger partial charge >= 0.3 is 5.97 Å². The van der Waals surface area contributed by atoms with Crippen molar-refractivity contribution in [1.29, 1.82) is 0 Å². The van der Waals surface area contributed by atoms with Crippen molar-refractivity contribution in [3.8, 4) is 0 Å². The third-order valence-electron chi connectivity index (χ3n) is 3.31. The Morgan fingerprint density at radius 2 is 2.00 bits per heavy atom. The van der Waals surface area contributed by atoms with Gasteiger partial charge in [0, 0.05) is 20.0 Å². The molecule has 0 aromatic heterocycles. The first-order valence-corrected chi connectivity index (χ1v) is 6.14. The molecule has 1 saturated carbocycles. The van der Waals surface area contributed by atoms with Crippen molar-refractivity contribution in [2.75, 3.05) is 13.6 Å². The fourth-order valence-corrected chi connectivity index (χ4v) is 2.15. The minimum atomic E-state index is -0.796. The number of nitrogens with zero attached hydrogens (tertiary/aromatic N) is 1. The molecule has 1 fully saturated rings. The highest BCUT2D eigenvalue weighted by Crippen LogP contribution is 2.24. The second-order valence-corrected chi connectivity index (χ2v) is 4.84. The lowest BCUT2D eigenvalue weighted by Crippen LogP contribution is -2.44. The molecule has 2 unspecified atom stereocenters. The summed E-state index contributed by atoms with van der Waals surface area (Å²) in [6.07, 6.45) is 2.77. The van der Waals surface area contributed by atoms with Crippen molar-refractivity contribution in [2.24, 2.45) is 5.92 Å². The number of likely N-dealkylation sites (N-methyl/N-ethyl adjacent to an activating group) is 1. The van der Waals surface area contributed by atoms with Gasteiger partial charge in [0.2, 0.25) is 11.8 Å². The van der Waals surface area contributed by atoms with Crippen LogP contribution in [0.5, 0.6) is 0 Å². The van der Waals surface area contributed by atoms with Gasteiger partial charge in [-0.3, -0.25) is 14.4 Å². The smallest absolute Gasteiger partial charge is 0.306 e. The number of hydrogen-bond acceptors (Lipinski definition) is 3. The van der Waals surface area contributed by atoms with Gasteiger partial charge in [-0.2, -0.15) is 0 Å². The first-order chi connectivity index (χ1) is 8.40. The van der Waals surface area contributed by atoms with Gasteiger partial charge in [-0.15, -0.1) is 0 Å². The Labute approximate surface area is 106 Å². The molecule has 0 radical (unpaired) electrons. The topological polar surface area (TPSA) is 86.7 Å². The zero-order chi connectivity index (χ0) is 13.7. The Bertz CT molecular complexity index is 343. The second-order valence-electron chi connectivity index (χ2n) is 4.84. The highest BCUT2D eigenvalue weighted by atomic mass is 16.4. The van der Waals surface area contributed by atoms with Crippen LogP contribution in [0.2, 0.25) is 0 Å². The molecule has 0 aliphatic heterocycles. The summed E-state index contributed by atoms with van der Waals surface area (Å²) in [6, 6.07) is -0.0901. The van der Waals surface area contributed by atoms with Crippen LogP contribution in [-0.2, 0) is 14.4 Å². The SMILES string of the molecule is CC(=O)N(C)CC(=O)NC1CCCC(C(=O)O)C1. The molecule has 0 aromatic rings. The van der Waals surface area contributed by atoms with Crippen molar-refractivity contribution in [2.45, 2.75) is 38.6 Å². The van der Waals surface area contributed by atoms with Gasteiger partial charge in [0.05, 0.1) is 12.5 Å². The van der Waals surface area contributed by atoms with E-state index in [-0.39, 0.29) is 30.3 Å². The predicted octanol–water partition coefficient (Wildman–Crippen LogP) is 0.224. The molecule has 2 N–H and O–H groups in total. The molecule has 2 atom stereocenters. The van der Waals surface area contributed by atoms with Crippen LogP contribution in [0.4, 0.5) is 0 Å². The van der Waals surface area contributed by atoms with E-state index in [4.69, 9.17) is 5.11 Å². The Kier molecular flexibility index (Phi) is 5.12. The predicted molar refractivity (Wildman–Crippen MR) is 64.8 cm³/mol. The zero-order valence-corrected chi connectivity index (χ0v) is 10.8. The Morgan fingerprint density at radius 3 is 2.56 bits per heavy atom. The second kappa shape index (κ2) is 6.37. The number of amides is 2. The average molecular weight is 256 g/mol. The Hall–Kier alpha value is -1.59. The normalized spacial score (nSPS) is 23.2. The third kappa shape index (κ3) is 4.35. The maximum atomic E-state index is 11.7. The standard InChI is InChI=1S/C12H20N2O4/c1-8(15)14(2)7-11(16)13-10-5-3-4-9(6-10)12(17)18/h9-10H,3-7H2,1-2H3,(H,13,16)(H,17,18). The Morgan fingerprint density at radius 1 is 1.33 bits per heavy atom. The van der Waals surface area contributed by atoms with E-state index in [1.807, 2.05) is 0 Å². The van der Waals surface area contributed by atoms with Crippen molar-refractivity contribution >= 4 is 17.8 Å². The van der Waals surface area contributed by atoms with Crippen LogP contribution in [0.1, 0.15) is 32.6 Å². The molecule has 6 heteroatoms. The van der Waals surface area contributed by atoms with E-state index in [2.05, 4.69) is 5.32 Å².